The molecule has 84 valence electrons. The molecule has 2 N–H and O–H groups in total. The number of rotatable bonds is 2. The fourth-order valence-electron chi connectivity index (χ4n) is 1.64. The lowest BCUT2D eigenvalue weighted by atomic mass is 10.1. The average Bonchev–Trinajstić information content (AvgIpc) is 3.00. The number of aromatic nitrogens is 5. The van der Waals surface area contributed by atoms with Crippen LogP contribution in [0.1, 0.15) is 0 Å². The smallest absolute Gasteiger partial charge is 0.295 e. The molecule has 3 rings (SSSR count). The Balaban J connectivity index is 2.01. The van der Waals surface area contributed by atoms with Crippen LogP contribution in [0, 0.1) is 0 Å². The van der Waals surface area contributed by atoms with Gasteiger partial charge >= 0.3 is 5.69 Å². The van der Waals surface area contributed by atoms with E-state index < -0.39 is 0 Å². The molecule has 0 atom stereocenters. The van der Waals surface area contributed by atoms with E-state index in [1.54, 1.807) is 6.20 Å². The summed E-state index contributed by atoms with van der Waals surface area (Å²) in [5.41, 5.74) is 2.52. The Bertz CT molecular complexity index is 662. The molecule has 0 fully saturated rings. The quantitative estimate of drug-likeness (QED) is 0.684. The van der Waals surface area contributed by atoms with Gasteiger partial charge in [0.25, 0.3) is 0 Å². The van der Waals surface area contributed by atoms with Gasteiger partial charge in [-0.1, -0.05) is 12.1 Å². The van der Waals surface area contributed by atoms with E-state index in [0.29, 0.717) is 0 Å². The number of benzene rings is 1. The average molecular weight is 227 g/mol. The second kappa shape index (κ2) is 3.75. The molecule has 17 heavy (non-hydrogen) atoms. The molecule has 6 heteroatoms. The van der Waals surface area contributed by atoms with Crippen LogP contribution in [0.5, 0.6) is 0 Å². The molecule has 0 spiro atoms. The number of H-pyrrole nitrogens is 2. The van der Waals surface area contributed by atoms with Crippen LogP contribution in [0.4, 0.5) is 0 Å². The Hall–Kier alpha value is -2.63. The summed E-state index contributed by atoms with van der Waals surface area (Å²) in [6.07, 6.45) is 4.93. The highest BCUT2D eigenvalue weighted by atomic mass is 16.1. The van der Waals surface area contributed by atoms with Gasteiger partial charge in [0, 0.05) is 11.8 Å². The molecule has 0 bridgehead atoms. The van der Waals surface area contributed by atoms with Crippen molar-refractivity contribution >= 4 is 0 Å². The summed E-state index contributed by atoms with van der Waals surface area (Å²) in [6.45, 7) is 0. The van der Waals surface area contributed by atoms with E-state index in [1.165, 1.54) is 11.0 Å². The zero-order valence-corrected chi connectivity index (χ0v) is 8.79. The molecule has 0 aliphatic heterocycles. The summed E-state index contributed by atoms with van der Waals surface area (Å²) < 4.78 is 1.30. The largest absolute Gasteiger partial charge is 0.347 e. The Labute approximate surface area is 95.9 Å². The third kappa shape index (κ3) is 1.65. The normalized spacial score (nSPS) is 10.6. The Kier molecular flexibility index (Phi) is 2.11. The fraction of sp³-hybridized carbons (Fsp3) is 0. The van der Waals surface area contributed by atoms with Crippen LogP contribution in [0.2, 0.25) is 0 Å². The van der Waals surface area contributed by atoms with Crippen molar-refractivity contribution in [2.45, 2.75) is 0 Å². The topological polar surface area (TPSA) is 79.4 Å². The van der Waals surface area contributed by atoms with Gasteiger partial charge in [-0.25, -0.2) is 4.79 Å². The minimum atomic E-state index is -0.249. The fourth-order valence-corrected chi connectivity index (χ4v) is 1.64. The van der Waals surface area contributed by atoms with Crippen LogP contribution in [0.15, 0.2) is 47.8 Å². The molecule has 0 aliphatic rings. The highest BCUT2D eigenvalue weighted by Crippen LogP contribution is 2.18. The molecular weight excluding hydrogens is 218 g/mol. The van der Waals surface area contributed by atoms with E-state index in [1.807, 2.05) is 30.5 Å². The number of hydrogen-bond acceptors (Lipinski definition) is 3. The molecule has 0 saturated carbocycles. The number of aromatic amines is 2. The Morgan fingerprint density at radius 3 is 2.53 bits per heavy atom. The molecule has 2 heterocycles. The van der Waals surface area contributed by atoms with Crippen molar-refractivity contribution in [1.82, 2.24) is 25.0 Å². The van der Waals surface area contributed by atoms with Crippen molar-refractivity contribution in [3.63, 3.8) is 0 Å². The lowest BCUT2D eigenvalue weighted by molar-refractivity contribution is 0.843. The maximum absolute atomic E-state index is 11.4. The zero-order chi connectivity index (χ0) is 11.7. The molecular formula is C11H9N5O. The lowest BCUT2D eigenvalue weighted by Crippen LogP contribution is -2.15. The van der Waals surface area contributed by atoms with Crippen molar-refractivity contribution in [1.29, 1.82) is 0 Å². The van der Waals surface area contributed by atoms with E-state index in [0.717, 1.165) is 16.8 Å². The predicted molar refractivity (Wildman–Crippen MR) is 61.8 cm³/mol. The van der Waals surface area contributed by atoms with Crippen LogP contribution in [0.3, 0.4) is 0 Å². The molecule has 2 aromatic heterocycles. The molecule has 1 aromatic carbocycles. The van der Waals surface area contributed by atoms with E-state index in [2.05, 4.69) is 20.3 Å². The van der Waals surface area contributed by atoms with Gasteiger partial charge in [-0.15, -0.1) is 0 Å². The van der Waals surface area contributed by atoms with Gasteiger partial charge in [-0.3, -0.25) is 10.1 Å². The molecule has 0 aliphatic carbocycles. The van der Waals surface area contributed by atoms with Crippen molar-refractivity contribution < 1.29 is 0 Å². The summed E-state index contributed by atoms with van der Waals surface area (Å²) in [7, 11) is 0. The van der Waals surface area contributed by atoms with Crippen LogP contribution in [-0.4, -0.2) is 25.0 Å². The van der Waals surface area contributed by atoms with Crippen LogP contribution >= 0.6 is 0 Å². The maximum Gasteiger partial charge on any atom is 0.347 e. The SMILES string of the molecule is O=c1[nH]cnn1-c1ccc(-c2cn[nH]c2)cc1. The Morgan fingerprint density at radius 2 is 1.94 bits per heavy atom. The second-order valence-electron chi connectivity index (χ2n) is 3.54. The van der Waals surface area contributed by atoms with Crippen molar-refractivity contribution in [2.24, 2.45) is 0 Å². The standard InChI is InChI=1S/C11H9N5O/c17-11-12-7-15-16(11)10-3-1-8(2-4-10)9-5-13-14-6-9/h1-7H,(H,13,14)(H,12,15,17). The number of nitrogens with one attached hydrogen (secondary N) is 2. The van der Waals surface area contributed by atoms with Gasteiger partial charge in [0.2, 0.25) is 0 Å². The second-order valence-corrected chi connectivity index (χ2v) is 3.54. The van der Waals surface area contributed by atoms with Crippen molar-refractivity contribution in [3.05, 3.63) is 53.5 Å². The summed E-state index contributed by atoms with van der Waals surface area (Å²) in [5, 5.41) is 10.6. The van der Waals surface area contributed by atoms with Crippen molar-refractivity contribution in [3.8, 4) is 16.8 Å². The molecule has 0 unspecified atom stereocenters. The van der Waals surface area contributed by atoms with Crippen LogP contribution < -0.4 is 5.69 Å². The molecule has 0 saturated heterocycles. The first-order chi connectivity index (χ1) is 8.34. The molecule has 0 amide bonds. The third-order valence-electron chi connectivity index (χ3n) is 2.50. The molecule has 0 radical (unpaired) electrons. The van der Waals surface area contributed by atoms with E-state index in [-0.39, 0.29) is 5.69 Å². The van der Waals surface area contributed by atoms with Gasteiger partial charge in [0.1, 0.15) is 6.33 Å². The van der Waals surface area contributed by atoms with Gasteiger partial charge in [-0.05, 0) is 17.7 Å². The summed E-state index contributed by atoms with van der Waals surface area (Å²) in [5.74, 6) is 0. The van der Waals surface area contributed by atoms with Gasteiger partial charge < -0.3 is 0 Å². The van der Waals surface area contributed by atoms with Crippen molar-refractivity contribution in [2.75, 3.05) is 0 Å². The van der Waals surface area contributed by atoms with E-state index in [9.17, 15) is 4.79 Å². The molecule has 3 aromatic rings. The maximum atomic E-state index is 11.4. The molecule has 6 nitrogen and oxygen atoms in total. The van der Waals surface area contributed by atoms with E-state index in [4.69, 9.17) is 0 Å². The first kappa shape index (κ1) is 9.59. The minimum absolute atomic E-state index is 0.249. The van der Waals surface area contributed by atoms with E-state index >= 15 is 0 Å². The first-order valence-corrected chi connectivity index (χ1v) is 5.07. The first-order valence-electron chi connectivity index (χ1n) is 5.07. The third-order valence-corrected chi connectivity index (χ3v) is 2.50. The van der Waals surface area contributed by atoms with Gasteiger partial charge in [0.15, 0.2) is 0 Å². The Morgan fingerprint density at radius 1 is 1.12 bits per heavy atom. The van der Waals surface area contributed by atoms with Crippen LogP contribution in [-0.2, 0) is 0 Å². The summed E-state index contributed by atoms with van der Waals surface area (Å²) >= 11 is 0. The lowest BCUT2D eigenvalue weighted by Gasteiger charge is -2.01. The number of hydrogen-bond donors (Lipinski definition) is 2. The highest BCUT2D eigenvalue weighted by Gasteiger charge is 2.02. The zero-order valence-electron chi connectivity index (χ0n) is 8.79. The highest BCUT2D eigenvalue weighted by molar-refractivity contribution is 5.62. The van der Waals surface area contributed by atoms with Gasteiger partial charge in [-0.2, -0.15) is 14.9 Å². The monoisotopic (exact) mass is 227 g/mol. The number of nitrogens with zero attached hydrogens (tertiary/aromatic N) is 3. The minimum Gasteiger partial charge on any atom is -0.295 e. The summed E-state index contributed by atoms with van der Waals surface area (Å²) in [4.78, 5) is 13.9. The summed E-state index contributed by atoms with van der Waals surface area (Å²) in [6, 6.07) is 7.51. The van der Waals surface area contributed by atoms with Gasteiger partial charge in [0.05, 0.1) is 11.9 Å². The van der Waals surface area contributed by atoms with Crippen LogP contribution in [0.25, 0.3) is 16.8 Å². The predicted octanol–water partition coefficient (Wildman–Crippen LogP) is 0.951.